The van der Waals surface area contributed by atoms with Gasteiger partial charge in [0.15, 0.2) is 12.2 Å². The van der Waals surface area contributed by atoms with Crippen LogP contribution in [0.15, 0.2) is 0 Å². The zero-order valence-electron chi connectivity index (χ0n) is 71.0. The summed E-state index contributed by atoms with van der Waals surface area (Å²) in [6.45, 7) is 7.42. The van der Waals surface area contributed by atoms with Crippen LogP contribution in [0.3, 0.4) is 0 Å². The zero-order valence-corrected chi connectivity index (χ0v) is 72.8. The third-order valence-electron chi connectivity index (χ3n) is 21.0. The smallest absolute Gasteiger partial charge is 0.462 e. The van der Waals surface area contributed by atoms with Crippen molar-refractivity contribution in [3.05, 3.63) is 0 Å². The third-order valence-corrected chi connectivity index (χ3v) is 22.9. The second-order valence-corrected chi connectivity index (χ2v) is 35.4. The number of unbranched alkanes of at least 4 members (excludes halogenated alkanes) is 61. The molecule has 0 aromatic heterocycles. The van der Waals surface area contributed by atoms with Gasteiger partial charge in [0.25, 0.3) is 0 Å². The van der Waals surface area contributed by atoms with E-state index in [0.717, 1.165) is 95.8 Å². The monoisotopic (exact) mass is 1580 g/mol. The summed E-state index contributed by atoms with van der Waals surface area (Å²) in [4.78, 5) is 73.3. The lowest BCUT2D eigenvalue weighted by Gasteiger charge is -2.21. The van der Waals surface area contributed by atoms with Gasteiger partial charge in [-0.25, -0.2) is 9.13 Å². The van der Waals surface area contributed by atoms with Crippen LogP contribution in [-0.2, 0) is 65.4 Å². The van der Waals surface area contributed by atoms with Crippen LogP contribution in [0.4, 0.5) is 0 Å². The molecule has 19 heteroatoms. The van der Waals surface area contributed by atoms with Crippen molar-refractivity contribution in [3.63, 3.8) is 0 Å². The van der Waals surface area contributed by atoms with Gasteiger partial charge >= 0.3 is 39.5 Å². The van der Waals surface area contributed by atoms with Crippen molar-refractivity contribution in [1.29, 1.82) is 0 Å². The molecular formula is C89H174O17P2. The first-order chi connectivity index (χ1) is 52.5. The number of esters is 4. The van der Waals surface area contributed by atoms with Crippen LogP contribution in [0.5, 0.6) is 0 Å². The minimum absolute atomic E-state index is 0.109. The number of carbonyl (C=O) groups is 4. The second kappa shape index (κ2) is 81.6. The van der Waals surface area contributed by atoms with Gasteiger partial charge in [-0.15, -0.1) is 0 Å². The number of hydrogen-bond acceptors (Lipinski definition) is 15. The van der Waals surface area contributed by atoms with E-state index in [1.807, 2.05) is 0 Å². The second-order valence-electron chi connectivity index (χ2n) is 32.5. The van der Waals surface area contributed by atoms with Crippen molar-refractivity contribution in [2.45, 2.75) is 502 Å². The van der Waals surface area contributed by atoms with Gasteiger partial charge in [0, 0.05) is 25.7 Å². The van der Waals surface area contributed by atoms with Gasteiger partial charge in [0.2, 0.25) is 0 Å². The first kappa shape index (κ1) is 106. The van der Waals surface area contributed by atoms with Gasteiger partial charge in [-0.1, -0.05) is 433 Å². The van der Waals surface area contributed by atoms with Crippen molar-refractivity contribution < 1.29 is 80.2 Å². The molecule has 0 spiro atoms. The van der Waals surface area contributed by atoms with E-state index in [4.69, 9.17) is 37.0 Å². The van der Waals surface area contributed by atoms with Crippen LogP contribution in [0.25, 0.3) is 0 Å². The summed E-state index contributed by atoms with van der Waals surface area (Å²) >= 11 is 0. The predicted octanol–water partition coefficient (Wildman–Crippen LogP) is 27.5. The van der Waals surface area contributed by atoms with Gasteiger partial charge < -0.3 is 33.8 Å². The minimum Gasteiger partial charge on any atom is -0.462 e. The van der Waals surface area contributed by atoms with Crippen LogP contribution in [0, 0.1) is 5.92 Å². The number of phosphoric acid groups is 2. The minimum atomic E-state index is -4.97. The molecule has 0 saturated carbocycles. The summed E-state index contributed by atoms with van der Waals surface area (Å²) in [5, 5.41) is 10.7. The first-order valence-corrected chi connectivity index (χ1v) is 49.1. The Kier molecular flexibility index (Phi) is 80.2. The average Bonchev–Trinajstić information content (AvgIpc) is 0.895. The molecule has 2 unspecified atom stereocenters. The summed E-state index contributed by atoms with van der Waals surface area (Å²) in [6, 6.07) is 0. The zero-order chi connectivity index (χ0) is 79.0. The number of ether oxygens (including phenoxy) is 4. The van der Waals surface area contributed by atoms with E-state index in [1.165, 1.54) is 308 Å². The molecule has 0 radical (unpaired) electrons. The lowest BCUT2D eigenvalue weighted by Crippen LogP contribution is -2.30. The van der Waals surface area contributed by atoms with E-state index < -0.39 is 97.5 Å². The number of carbonyl (C=O) groups excluding carboxylic acids is 4. The Morgan fingerprint density at radius 2 is 0.426 bits per heavy atom. The van der Waals surface area contributed by atoms with Crippen LogP contribution >= 0.6 is 15.6 Å². The SMILES string of the molecule is CCCCCCCCCCCCCCCCCCCCCCC(=O)OC[C@H](COP(=O)(O)OC[C@@H](O)COP(=O)(O)OC[C@@H](COC(=O)CCCCCCCCCCCCC)OC(=O)CCCCCCCCCCCCCCCCCC)OC(=O)CCCCCCCCCCCCCCCCCCCCC(C)C. The number of aliphatic hydroxyl groups excluding tert-OH is 1. The Hall–Kier alpha value is -1.94. The Labute approximate surface area is 664 Å². The molecule has 5 atom stereocenters. The highest BCUT2D eigenvalue weighted by Crippen LogP contribution is 2.45. The van der Waals surface area contributed by atoms with E-state index >= 15 is 0 Å². The maximum Gasteiger partial charge on any atom is 0.472 e. The summed E-state index contributed by atoms with van der Waals surface area (Å²) < 4.78 is 69.0. The van der Waals surface area contributed by atoms with Crippen LogP contribution in [0.2, 0.25) is 0 Å². The van der Waals surface area contributed by atoms with E-state index in [1.54, 1.807) is 0 Å². The molecule has 0 heterocycles. The fourth-order valence-electron chi connectivity index (χ4n) is 14.0. The number of aliphatic hydroxyl groups is 1. The molecule has 642 valence electrons. The fourth-order valence-corrected chi connectivity index (χ4v) is 15.6. The van der Waals surface area contributed by atoms with E-state index in [-0.39, 0.29) is 25.7 Å². The Morgan fingerprint density at radius 1 is 0.250 bits per heavy atom. The topological polar surface area (TPSA) is 237 Å². The molecule has 0 aliphatic rings. The number of phosphoric ester groups is 2. The highest BCUT2D eigenvalue weighted by Gasteiger charge is 2.30. The molecule has 0 aliphatic carbocycles. The lowest BCUT2D eigenvalue weighted by atomic mass is 10.0. The summed E-state index contributed by atoms with van der Waals surface area (Å²) in [5.74, 6) is -1.27. The molecule has 0 aliphatic heterocycles. The largest absolute Gasteiger partial charge is 0.472 e. The summed E-state index contributed by atoms with van der Waals surface area (Å²) in [7, 11) is -9.93. The van der Waals surface area contributed by atoms with E-state index in [2.05, 4.69) is 34.6 Å². The van der Waals surface area contributed by atoms with Crippen molar-refractivity contribution in [2.75, 3.05) is 39.6 Å². The predicted molar refractivity (Wildman–Crippen MR) is 446 cm³/mol. The molecule has 108 heavy (non-hydrogen) atoms. The maximum absolute atomic E-state index is 13.2. The van der Waals surface area contributed by atoms with Crippen LogP contribution < -0.4 is 0 Å². The molecule has 0 bridgehead atoms. The molecule has 0 rings (SSSR count). The standard InChI is InChI=1S/C89H174O17P2/c1-6-9-12-15-18-21-24-26-28-30-31-32-36-40-43-48-53-58-63-68-73-87(92)100-79-85(106-89(94)75-70-65-60-55-50-45-41-37-34-33-35-38-42-47-51-56-61-66-71-82(4)5)81-104-108(97,98)102-77-83(90)76-101-107(95,96)103-80-84(78-99-86(91)72-67-62-57-52-46-23-20-17-14-11-8-3)105-88(93)74-69-64-59-54-49-44-39-29-27-25-22-19-16-13-10-7-2/h82-85,90H,6-81H2,1-5H3,(H,95,96)(H,97,98)/t83-,84+,85+/m0/s1. The van der Waals surface area contributed by atoms with Crippen molar-refractivity contribution in [3.8, 4) is 0 Å². The summed E-state index contributed by atoms with van der Waals surface area (Å²) in [5.41, 5.74) is 0. The molecule has 0 amide bonds. The number of hydrogen-bond donors (Lipinski definition) is 3. The average molecular weight is 1580 g/mol. The maximum atomic E-state index is 13.2. The molecule has 0 saturated heterocycles. The van der Waals surface area contributed by atoms with E-state index in [0.29, 0.717) is 25.7 Å². The lowest BCUT2D eigenvalue weighted by molar-refractivity contribution is -0.161. The van der Waals surface area contributed by atoms with Gasteiger partial charge in [0.05, 0.1) is 26.4 Å². The molecule has 3 N–H and O–H groups in total. The Balaban J connectivity index is 5.23. The highest BCUT2D eigenvalue weighted by molar-refractivity contribution is 7.47. The normalized spacial score (nSPS) is 13.7. The number of rotatable bonds is 89. The van der Waals surface area contributed by atoms with Gasteiger partial charge in [0.1, 0.15) is 19.3 Å². The molecule has 0 aromatic rings. The van der Waals surface area contributed by atoms with Crippen LogP contribution in [0.1, 0.15) is 484 Å². The first-order valence-electron chi connectivity index (χ1n) is 46.1. The quantitative estimate of drug-likeness (QED) is 0.0222. The fraction of sp³-hybridized carbons (Fsp3) is 0.955. The van der Waals surface area contributed by atoms with Crippen molar-refractivity contribution >= 4 is 39.5 Å². The molecular weight excluding hydrogens is 1400 g/mol. The van der Waals surface area contributed by atoms with Crippen molar-refractivity contribution in [2.24, 2.45) is 5.92 Å². The van der Waals surface area contributed by atoms with Crippen LogP contribution in [-0.4, -0.2) is 96.7 Å². The molecule has 17 nitrogen and oxygen atoms in total. The summed E-state index contributed by atoms with van der Waals surface area (Å²) in [6.07, 6.45) is 76.4. The molecule has 0 fully saturated rings. The van der Waals surface area contributed by atoms with Crippen molar-refractivity contribution in [1.82, 2.24) is 0 Å². The van der Waals surface area contributed by atoms with E-state index in [9.17, 15) is 43.2 Å². The molecule has 0 aromatic carbocycles. The van der Waals surface area contributed by atoms with Gasteiger partial charge in [-0.3, -0.25) is 37.3 Å². The third kappa shape index (κ3) is 82.1. The van der Waals surface area contributed by atoms with Gasteiger partial charge in [-0.05, 0) is 31.6 Å². The Morgan fingerprint density at radius 3 is 0.630 bits per heavy atom. The Bertz CT molecular complexity index is 2050. The van der Waals surface area contributed by atoms with Gasteiger partial charge in [-0.2, -0.15) is 0 Å². The highest BCUT2D eigenvalue weighted by atomic mass is 31.2.